The lowest BCUT2D eigenvalue weighted by Crippen LogP contribution is -2.48. The normalized spacial score (nSPS) is 11.6. The summed E-state index contributed by atoms with van der Waals surface area (Å²) in [5, 5.41) is 3.57. The van der Waals surface area contributed by atoms with Crippen LogP contribution in [0.4, 0.5) is 0 Å². The second kappa shape index (κ2) is 12.5. The van der Waals surface area contributed by atoms with Crippen molar-refractivity contribution in [3.8, 4) is 5.75 Å². The lowest BCUT2D eigenvalue weighted by Gasteiger charge is -2.28. The van der Waals surface area contributed by atoms with Gasteiger partial charge in [0.25, 0.3) is 0 Å². The molecule has 0 aromatic heterocycles. The molecule has 7 heteroatoms. The summed E-state index contributed by atoms with van der Waals surface area (Å²) in [4.78, 5) is 27.2. The lowest BCUT2D eigenvalue weighted by molar-refractivity contribution is -0.138. The zero-order valence-corrected chi connectivity index (χ0v) is 19.3. The number of nitrogens with one attached hydrogen (secondary N) is 1. The smallest absolute Gasteiger partial charge is 0.242 e. The number of rotatable bonds is 11. The maximum atomic E-state index is 13.0. The molecule has 0 saturated carbocycles. The average molecular weight is 449 g/mol. The van der Waals surface area contributed by atoms with Crippen LogP contribution in [0.3, 0.4) is 0 Å². The largest absolute Gasteiger partial charge is 0.497 e. The van der Waals surface area contributed by atoms with Crippen molar-refractivity contribution in [3.63, 3.8) is 0 Å². The summed E-state index contributed by atoms with van der Waals surface area (Å²) >= 11 is 7.54. The first-order valence-corrected chi connectivity index (χ1v) is 11.5. The number of nitrogens with zero attached hydrogens (tertiary/aromatic N) is 1. The van der Waals surface area contributed by atoms with Crippen molar-refractivity contribution in [2.45, 2.75) is 38.6 Å². The van der Waals surface area contributed by atoms with E-state index in [-0.39, 0.29) is 17.6 Å². The molecule has 0 fully saturated rings. The third-order valence-electron chi connectivity index (χ3n) is 4.61. The molecule has 0 bridgehead atoms. The van der Waals surface area contributed by atoms with E-state index in [0.29, 0.717) is 23.9 Å². The highest BCUT2D eigenvalue weighted by Crippen LogP contribution is 2.19. The van der Waals surface area contributed by atoms with Crippen LogP contribution < -0.4 is 10.1 Å². The molecule has 2 aromatic carbocycles. The molecular weight excluding hydrogens is 420 g/mol. The number of ether oxygens (including phenoxy) is 1. The van der Waals surface area contributed by atoms with Crippen LogP contribution in [0.2, 0.25) is 5.02 Å². The van der Waals surface area contributed by atoms with Crippen molar-refractivity contribution in [1.29, 1.82) is 0 Å². The van der Waals surface area contributed by atoms with Gasteiger partial charge in [-0.3, -0.25) is 9.59 Å². The Balaban J connectivity index is 2.05. The average Bonchev–Trinajstić information content (AvgIpc) is 2.75. The van der Waals surface area contributed by atoms with Crippen LogP contribution in [-0.4, -0.2) is 42.2 Å². The van der Waals surface area contributed by atoms with E-state index in [1.807, 2.05) is 55.5 Å². The Labute approximate surface area is 188 Å². The van der Waals surface area contributed by atoms with Gasteiger partial charge in [0.05, 0.1) is 12.9 Å². The summed E-state index contributed by atoms with van der Waals surface area (Å²) in [6.07, 6.45) is 0.848. The van der Waals surface area contributed by atoms with Gasteiger partial charge in [-0.1, -0.05) is 42.8 Å². The minimum absolute atomic E-state index is 0.0722. The number of methoxy groups -OCH3 is 1. The highest BCUT2D eigenvalue weighted by Gasteiger charge is 2.25. The van der Waals surface area contributed by atoms with Gasteiger partial charge >= 0.3 is 0 Å². The summed E-state index contributed by atoms with van der Waals surface area (Å²) in [7, 11) is 1.61. The first-order chi connectivity index (χ1) is 14.4. The number of amides is 2. The van der Waals surface area contributed by atoms with E-state index in [0.717, 1.165) is 23.3 Å². The topological polar surface area (TPSA) is 58.6 Å². The SMILES string of the molecule is CCCNC(=O)[C@H](C)N(Cc1ccc(OC)cc1)C(=O)CSCc1cccc(Cl)c1. The number of carbonyl (C=O) groups is 2. The van der Waals surface area contributed by atoms with Gasteiger partial charge in [0, 0.05) is 23.9 Å². The van der Waals surface area contributed by atoms with Gasteiger partial charge < -0.3 is 15.0 Å². The Bertz CT molecular complexity index is 829. The third kappa shape index (κ3) is 7.58. The lowest BCUT2D eigenvalue weighted by atomic mass is 10.1. The molecule has 0 spiro atoms. The van der Waals surface area contributed by atoms with E-state index < -0.39 is 6.04 Å². The van der Waals surface area contributed by atoms with Crippen molar-refractivity contribution >= 4 is 35.2 Å². The maximum Gasteiger partial charge on any atom is 0.242 e. The number of thioether (sulfide) groups is 1. The van der Waals surface area contributed by atoms with Gasteiger partial charge in [-0.2, -0.15) is 0 Å². The molecule has 0 heterocycles. The Hall–Kier alpha value is -2.18. The number of benzene rings is 2. The fraction of sp³-hybridized carbons (Fsp3) is 0.391. The molecule has 162 valence electrons. The molecule has 0 radical (unpaired) electrons. The summed E-state index contributed by atoms with van der Waals surface area (Å²) in [6, 6.07) is 14.6. The van der Waals surface area contributed by atoms with Gasteiger partial charge in [0.15, 0.2) is 0 Å². The van der Waals surface area contributed by atoms with Gasteiger partial charge in [-0.05, 0) is 48.7 Å². The number of carbonyl (C=O) groups excluding carboxylic acids is 2. The van der Waals surface area contributed by atoms with Gasteiger partial charge in [-0.25, -0.2) is 0 Å². The van der Waals surface area contributed by atoms with Crippen molar-refractivity contribution in [3.05, 3.63) is 64.7 Å². The molecule has 30 heavy (non-hydrogen) atoms. The minimum atomic E-state index is -0.557. The minimum Gasteiger partial charge on any atom is -0.497 e. The zero-order chi connectivity index (χ0) is 21.9. The molecule has 1 N–H and O–H groups in total. The van der Waals surface area contributed by atoms with Crippen LogP contribution in [-0.2, 0) is 21.9 Å². The molecule has 2 amide bonds. The van der Waals surface area contributed by atoms with Gasteiger partial charge in [0.2, 0.25) is 11.8 Å². The summed E-state index contributed by atoms with van der Waals surface area (Å²) in [5.74, 6) is 1.51. The van der Waals surface area contributed by atoms with E-state index in [4.69, 9.17) is 16.3 Å². The second-order valence-electron chi connectivity index (χ2n) is 6.96. The molecule has 0 saturated heterocycles. The van der Waals surface area contributed by atoms with E-state index in [2.05, 4.69) is 5.32 Å². The fourth-order valence-electron chi connectivity index (χ4n) is 2.87. The van der Waals surface area contributed by atoms with Crippen molar-refractivity contribution < 1.29 is 14.3 Å². The second-order valence-corrected chi connectivity index (χ2v) is 8.38. The van der Waals surface area contributed by atoms with E-state index in [1.165, 1.54) is 11.8 Å². The quantitative estimate of drug-likeness (QED) is 0.548. The molecule has 1 atom stereocenters. The molecule has 0 aliphatic rings. The molecule has 2 aromatic rings. The van der Waals surface area contributed by atoms with Crippen LogP contribution >= 0.6 is 23.4 Å². The molecule has 0 aliphatic carbocycles. The molecular formula is C23H29ClN2O3S. The summed E-state index contributed by atoms with van der Waals surface area (Å²) < 4.78 is 5.20. The van der Waals surface area contributed by atoms with Crippen LogP contribution in [0.15, 0.2) is 48.5 Å². The summed E-state index contributed by atoms with van der Waals surface area (Å²) in [6.45, 7) is 4.73. The molecule has 5 nitrogen and oxygen atoms in total. The van der Waals surface area contributed by atoms with Gasteiger partial charge in [0.1, 0.15) is 11.8 Å². The molecule has 0 aliphatic heterocycles. The zero-order valence-electron chi connectivity index (χ0n) is 17.7. The van der Waals surface area contributed by atoms with Crippen LogP contribution in [0, 0.1) is 0 Å². The predicted molar refractivity (Wildman–Crippen MR) is 124 cm³/mol. The highest BCUT2D eigenvalue weighted by atomic mass is 35.5. The molecule has 0 unspecified atom stereocenters. The maximum absolute atomic E-state index is 13.0. The highest BCUT2D eigenvalue weighted by molar-refractivity contribution is 7.99. The Morgan fingerprint density at radius 1 is 1.17 bits per heavy atom. The van der Waals surface area contributed by atoms with E-state index >= 15 is 0 Å². The number of halogens is 1. The van der Waals surface area contributed by atoms with Crippen molar-refractivity contribution in [2.24, 2.45) is 0 Å². The Morgan fingerprint density at radius 2 is 1.90 bits per heavy atom. The van der Waals surface area contributed by atoms with Crippen LogP contribution in [0.1, 0.15) is 31.4 Å². The third-order valence-corrected chi connectivity index (χ3v) is 5.84. The van der Waals surface area contributed by atoms with E-state index in [1.54, 1.807) is 18.9 Å². The Kier molecular flexibility index (Phi) is 10.0. The first-order valence-electron chi connectivity index (χ1n) is 9.97. The van der Waals surface area contributed by atoms with Gasteiger partial charge in [-0.15, -0.1) is 11.8 Å². The Morgan fingerprint density at radius 3 is 2.53 bits per heavy atom. The van der Waals surface area contributed by atoms with Crippen LogP contribution in [0.25, 0.3) is 0 Å². The summed E-state index contributed by atoms with van der Waals surface area (Å²) in [5.41, 5.74) is 2.01. The predicted octanol–water partition coefficient (Wildman–Crippen LogP) is 4.53. The molecule has 2 rings (SSSR count). The van der Waals surface area contributed by atoms with Crippen molar-refractivity contribution in [1.82, 2.24) is 10.2 Å². The number of hydrogen-bond donors (Lipinski definition) is 1. The van der Waals surface area contributed by atoms with Crippen LogP contribution in [0.5, 0.6) is 5.75 Å². The monoisotopic (exact) mass is 448 g/mol. The fourth-order valence-corrected chi connectivity index (χ4v) is 3.94. The first kappa shape index (κ1) is 24.1. The number of hydrogen-bond acceptors (Lipinski definition) is 4. The van der Waals surface area contributed by atoms with E-state index in [9.17, 15) is 9.59 Å². The standard InChI is InChI=1S/C23H29ClN2O3S/c1-4-12-25-23(28)17(2)26(14-18-8-10-21(29-3)11-9-18)22(27)16-30-15-19-6-5-7-20(24)13-19/h5-11,13,17H,4,12,14-16H2,1-3H3,(H,25,28)/t17-/m0/s1. The van der Waals surface area contributed by atoms with Crippen molar-refractivity contribution in [2.75, 3.05) is 19.4 Å².